The maximum absolute atomic E-state index is 12.9. The second kappa shape index (κ2) is 9.01. The second-order valence-electron chi connectivity index (χ2n) is 6.65. The van der Waals surface area contributed by atoms with Gasteiger partial charge in [-0.05, 0) is 35.4 Å². The Balaban J connectivity index is 1.75. The van der Waals surface area contributed by atoms with Crippen molar-refractivity contribution in [3.8, 4) is 0 Å². The van der Waals surface area contributed by atoms with E-state index in [0.29, 0.717) is 30.1 Å². The van der Waals surface area contributed by atoms with Gasteiger partial charge in [0, 0.05) is 42.3 Å². The number of piperazine rings is 1. The standard InChI is InChI=1S/C21H22ClN3O3/c1-14(21(27)24-28)16-4-8-18(9-5-16)25-11-10-23-13-19(25)20(26)12-15-2-6-17(22)7-3-15/h2-9,19,23,28H,1,10-13H2,(H,24,27). The number of ketones is 1. The number of halogens is 1. The second-order valence-corrected chi connectivity index (χ2v) is 7.09. The molecule has 0 saturated carbocycles. The van der Waals surface area contributed by atoms with E-state index >= 15 is 0 Å². The lowest BCUT2D eigenvalue weighted by atomic mass is 9.99. The van der Waals surface area contributed by atoms with Gasteiger partial charge in [0.25, 0.3) is 5.91 Å². The van der Waals surface area contributed by atoms with Crippen LogP contribution in [0.4, 0.5) is 5.69 Å². The van der Waals surface area contributed by atoms with Crippen LogP contribution in [0.3, 0.4) is 0 Å². The highest BCUT2D eigenvalue weighted by Crippen LogP contribution is 2.23. The fraction of sp³-hybridized carbons (Fsp3) is 0.238. The van der Waals surface area contributed by atoms with Gasteiger partial charge in [-0.15, -0.1) is 0 Å². The number of hydroxylamine groups is 1. The fourth-order valence-electron chi connectivity index (χ4n) is 3.27. The van der Waals surface area contributed by atoms with Crippen molar-refractivity contribution < 1.29 is 14.8 Å². The van der Waals surface area contributed by atoms with Crippen molar-refractivity contribution in [3.05, 3.63) is 71.3 Å². The number of carbonyl (C=O) groups is 2. The maximum atomic E-state index is 12.9. The zero-order valence-electron chi connectivity index (χ0n) is 15.3. The predicted octanol–water partition coefficient (Wildman–Crippen LogP) is 2.45. The van der Waals surface area contributed by atoms with Crippen LogP contribution in [0.2, 0.25) is 5.02 Å². The molecule has 7 heteroatoms. The highest BCUT2D eigenvalue weighted by Gasteiger charge is 2.28. The van der Waals surface area contributed by atoms with E-state index in [0.717, 1.165) is 17.8 Å². The van der Waals surface area contributed by atoms with Crippen molar-refractivity contribution >= 4 is 34.6 Å². The average molecular weight is 400 g/mol. The summed E-state index contributed by atoms with van der Waals surface area (Å²) < 4.78 is 0. The van der Waals surface area contributed by atoms with Gasteiger partial charge in [0.15, 0.2) is 5.78 Å². The Kier molecular flexibility index (Phi) is 6.46. The number of benzene rings is 2. The molecule has 2 aromatic carbocycles. The van der Waals surface area contributed by atoms with Crippen LogP contribution in [0.25, 0.3) is 5.57 Å². The molecular formula is C21H22ClN3O3. The number of carbonyl (C=O) groups excluding carboxylic acids is 2. The first-order valence-electron chi connectivity index (χ1n) is 8.98. The minimum Gasteiger partial charge on any atom is -0.359 e. The average Bonchev–Trinajstić information content (AvgIpc) is 2.74. The molecule has 3 N–H and O–H groups in total. The molecule has 0 aliphatic carbocycles. The summed E-state index contributed by atoms with van der Waals surface area (Å²) in [5, 5.41) is 12.7. The van der Waals surface area contributed by atoms with Crippen molar-refractivity contribution in [1.82, 2.24) is 10.8 Å². The van der Waals surface area contributed by atoms with Gasteiger partial charge in [0.2, 0.25) is 0 Å². The summed E-state index contributed by atoms with van der Waals surface area (Å²) in [5.74, 6) is -0.520. The molecule has 1 unspecified atom stereocenters. The minimum absolute atomic E-state index is 0.127. The molecule has 2 aromatic rings. The molecule has 0 spiro atoms. The topological polar surface area (TPSA) is 81.7 Å². The van der Waals surface area contributed by atoms with Crippen LogP contribution in [0, 0.1) is 0 Å². The number of rotatable bonds is 6. The Morgan fingerprint density at radius 3 is 2.50 bits per heavy atom. The molecule has 3 rings (SSSR count). The number of amides is 1. The molecule has 1 atom stereocenters. The van der Waals surface area contributed by atoms with Crippen LogP contribution in [0.5, 0.6) is 0 Å². The molecule has 0 aromatic heterocycles. The predicted molar refractivity (Wildman–Crippen MR) is 110 cm³/mol. The molecule has 1 fully saturated rings. The molecule has 1 heterocycles. The maximum Gasteiger partial charge on any atom is 0.274 e. The van der Waals surface area contributed by atoms with Crippen LogP contribution in [0.1, 0.15) is 11.1 Å². The molecule has 28 heavy (non-hydrogen) atoms. The van der Waals surface area contributed by atoms with Crippen molar-refractivity contribution in [3.63, 3.8) is 0 Å². The number of anilines is 1. The van der Waals surface area contributed by atoms with Gasteiger partial charge in [-0.1, -0.05) is 42.4 Å². The smallest absolute Gasteiger partial charge is 0.274 e. The molecular weight excluding hydrogens is 378 g/mol. The van der Waals surface area contributed by atoms with Gasteiger partial charge in [-0.2, -0.15) is 0 Å². The van der Waals surface area contributed by atoms with Crippen LogP contribution >= 0.6 is 11.6 Å². The molecule has 1 saturated heterocycles. The third kappa shape index (κ3) is 4.59. The molecule has 6 nitrogen and oxygen atoms in total. The summed E-state index contributed by atoms with van der Waals surface area (Å²) in [7, 11) is 0. The summed E-state index contributed by atoms with van der Waals surface area (Å²) in [6.45, 7) is 5.74. The molecule has 1 amide bonds. The third-order valence-corrected chi connectivity index (χ3v) is 5.08. The van der Waals surface area contributed by atoms with E-state index in [4.69, 9.17) is 16.8 Å². The Morgan fingerprint density at radius 2 is 1.86 bits per heavy atom. The van der Waals surface area contributed by atoms with E-state index in [-0.39, 0.29) is 17.4 Å². The highest BCUT2D eigenvalue weighted by atomic mass is 35.5. The largest absolute Gasteiger partial charge is 0.359 e. The third-order valence-electron chi connectivity index (χ3n) is 4.83. The van der Waals surface area contributed by atoms with Gasteiger partial charge >= 0.3 is 0 Å². The Bertz CT molecular complexity index is 865. The Morgan fingerprint density at radius 1 is 1.18 bits per heavy atom. The van der Waals surface area contributed by atoms with Crippen molar-refractivity contribution in [2.24, 2.45) is 0 Å². The van der Waals surface area contributed by atoms with E-state index < -0.39 is 5.91 Å². The number of hydrogen-bond donors (Lipinski definition) is 3. The van der Waals surface area contributed by atoms with Crippen LogP contribution in [-0.4, -0.2) is 42.6 Å². The minimum atomic E-state index is -0.647. The van der Waals surface area contributed by atoms with Crippen LogP contribution < -0.4 is 15.7 Å². The first-order valence-corrected chi connectivity index (χ1v) is 9.35. The summed E-state index contributed by atoms with van der Waals surface area (Å²) in [6.07, 6.45) is 0.339. The van der Waals surface area contributed by atoms with Crippen LogP contribution in [0.15, 0.2) is 55.1 Å². The number of hydrogen-bond acceptors (Lipinski definition) is 5. The lowest BCUT2D eigenvalue weighted by Crippen LogP contribution is -2.55. The van der Waals surface area contributed by atoms with Crippen molar-refractivity contribution in [2.45, 2.75) is 12.5 Å². The monoisotopic (exact) mass is 399 g/mol. The van der Waals surface area contributed by atoms with E-state index in [2.05, 4.69) is 16.8 Å². The summed E-state index contributed by atoms with van der Waals surface area (Å²) >= 11 is 5.92. The Hall–Kier alpha value is -2.67. The molecule has 146 valence electrons. The van der Waals surface area contributed by atoms with Crippen molar-refractivity contribution in [2.75, 3.05) is 24.5 Å². The highest BCUT2D eigenvalue weighted by molar-refractivity contribution is 6.30. The SMILES string of the molecule is C=C(C(=O)NO)c1ccc(N2CCNCC2C(=O)Cc2ccc(Cl)cc2)cc1. The van der Waals surface area contributed by atoms with Gasteiger partial charge in [0.05, 0.1) is 0 Å². The van der Waals surface area contributed by atoms with Gasteiger partial charge in [-0.3, -0.25) is 14.8 Å². The normalized spacial score (nSPS) is 16.5. The van der Waals surface area contributed by atoms with Crippen LogP contribution in [-0.2, 0) is 16.0 Å². The number of Topliss-reactive ketones (excluding diaryl/α,β-unsaturated/α-hetero) is 1. The molecule has 1 aliphatic rings. The first-order chi connectivity index (χ1) is 13.5. The lowest BCUT2D eigenvalue weighted by Gasteiger charge is -2.37. The zero-order valence-corrected chi connectivity index (χ0v) is 16.1. The quantitative estimate of drug-likeness (QED) is 0.395. The lowest BCUT2D eigenvalue weighted by molar-refractivity contribution is -0.123. The summed E-state index contributed by atoms with van der Waals surface area (Å²) in [6, 6.07) is 14.3. The van der Waals surface area contributed by atoms with E-state index in [1.165, 1.54) is 0 Å². The Labute approximate surface area is 168 Å². The summed E-state index contributed by atoms with van der Waals surface area (Å²) in [4.78, 5) is 26.5. The van der Waals surface area contributed by atoms with Crippen molar-refractivity contribution in [1.29, 1.82) is 0 Å². The van der Waals surface area contributed by atoms with Gasteiger partial charge < -0.3 is 10.2 Å². The summed E-state index contributed by atoms with van der Waals surface area (Å²) in [5.41, 5.74) is 4.19. The first kappa shape index (κ1) is 20.1. The molecule has 0 radical (unpaired) electrons. The van der Waals surface area contributed by atoms with Gasteiger partial charge in [0.1, 0.15) is 6.04 Å². The van der Waals surface area contributed by atoms with E-state index in [1.807, 2.05) is 24.3 Å². The van der Waals surface area contributed by atoms with Gasteiger partial charge in [-0.25, -0.2) is 5.48 Å². The van der Waals surface area contributed by atoms with E-state index in [1.54, 1.807) is 29.7 Å². The zero-order chi connectivity index (χ0) is 20.1. The number of nitrogens with one attached hydrogen (secondary N) is 2. The number of nitrogens with zero attached hydrogens (tertiary/aromatic N) is 1. The molecule has 1 aliphatic heterocycles. The molecule has 0 bridgehead atoms. The fourth-order valence-corrected chi connectivity index (χ4v) is 3.40. The van der Waals surface area contributed by atoms with E-state index in [9.17, 15) is 9.59 Å².